The molecule has 1 saturated heterocycles. The van der Waals surface area contributed by atoms with Crippen LogP contribution in [0.2, 0.25) is 5.02 Å². The Labute approximate surface area is 124 Å². The largest absolute Gasteiger partial charge is 0.341 e. The van der Waals surface area contributed by atoms with Gasteiger partial charge in [-0.2, -0.15) is 8.75 Å². The number of piperazine rings is 1. The molecule has 0 atom stereocenters. The fourth-order valence-electron chi connectivity index (χ4n) is 2.24. The predicted molar refractivity (Wildman–Crippen MR) is 77.0 cm³/mol. The number of carbonyl (C=O) groups excluding carboxylic acids is 2. The van der Waals surface area contributed by atoms with E-state index in [2.05, 4.69) is 14.1 Å². The molecule has 0 spiro atoms. The summed E-state index contributed by atoms with van der Waals surface area (Å²) < 4.78 is 8.31. The molecular formula is C12H11ClN4O2S. The molecule has 104 valence electrons. The summed E-state index contributed by atoms with van der Waals surface area (Å²) in [7, 11) is 0. The molecule has 1 aliphatic heterocycles. The van der Waals surface area contributed by atoms with Gasteiger partial charge in [-0.15, -0.1) is 0 Å². The van der Waals surface area contributed by atoms with Gasteiger partial charge in [-0.25, -0.2) is 0 Å². The van der Waals surface area contributed by atoms with E-state index in [-0.39, 0.29) is 18.4 Å². The number of benzene rings is 1. The van der Waals surface area contributed by atoms with Crippen molar-refractivity contribution in [1.29, 1.82) is 0 Å². The number of amides is 2. The van der Waals surface area contributed by atoms with Crippen LogP contribution in [-0.2, 0) is 9.59 Å². The first-order chi connectivity index (χ1) is 9.40. The van der Waals surface area contributed by atoms with Gasteiger partial charge in [0.2, 0.25) is 5.91 Å². The molecule has 2 heterocycles. The first kappa shape index (κ1) is 13.3. The summed E-state index contributed by atoms with van der Waals surface area (Å²) in [4.78, 5) is 25.7. The molecular weight excluding hydrogens is 300 g/mol. The highest BCUT2D eigenvalue weighted by Crippen LogP contribution is 2.35. The Bertz CT molecular complexity index is 727. The molecule has 0 radical (unpaired) electrons. The molecule has 0 unspecified atom stereocenters. The third kappa shape index (κ3) is 1.94. The Morgan fingerprint density at radius 1 is 1.35 bits per heavy atom. The molecule has 20 heavy (non-hydrogen) atoms. The summed E-state index contributed by atoms with van der Waals surface area (Å²) in [6.45, 7) is 3.25. The van der Waals surface area contributed by atoms with Crippen molar-refractivity contribution in [3.8, 4) is 0 Å². The quantitative estimate of drug-likeness (QED) is 0.868. The lowest BCUT2D eigenvalue weighted by atomic mass is 9.99. The SMILES string of the molecule is CC1(C)NC(=O)CN(c2c(Cl)ccc3nsnc23)C1=O. The lowest BCUT2D eigenvalue weighted by molar-refractivity contribution is -0.134. The van der Waals surface area contributed by atoms with Crippen molar-refractivity contribution in [2.45, 2.75) is 19.4 Å². The number of nitrogens with zero attached hydrogens (tertiary/aromatic N) is 3. The van der Waals surface area contributed by atoms with Crippen LogP contribution in [0.3, 0.4) is 0 Å². The summed E-state index contributed by atoms with van der Waals surface area (Å²) in [6, 6.07) is 3.40. The van der Waals surface area contributed by atoms with Gasteiger partial charge in [0.05, 0.1) is 22.4 Å². The Morgan fingerprint density at radius 3 is 2.85 bits per heavy atom. The summed E-state index contributed by atoms with van der Waals surface area (Å²) >= 11 is 7.26. The Hall–Kier alpha value is -1.73. The van der Waals surface area contributed by atoms with Gasteiger partial charge < -0.3 is 5.32 Å². The van der Waals surface area contributed by atoms with E-state index in [1.807, 2.05) is 0 Å². The van der Waals surface area contributed by atoms with Crippen LogP contribution in [0.15, 0.2) is 12.1 Å². The number of fused-ring (bicyclic) bond motifs is 1. The molecule has 2 aromatic rings. The highest BCUT2D eigenvalue weighted by Gasteiger charge is 2.41. The van der Waals surface area contributed by atoms with Crippen LogP contribution >= 0.6 is 23.3 Å². The fourth-order valence-corrected chi connectivity index (χ4v) is 3.04. The van der Waals surface area contributed by atoms with Gasteiger partial charge in [0.25, 0.3) is 5.91 Å². The van der Waals surface area contributed by atoms with Gasteiger partial charge in [0.1, 0.15) is 23.1 Å². The van der Waals surface area contributed by atoms with Crippen molar-refractivity contribution in [2.24, 2.45) is 0 Å². The van der Waals surface area contributed by atoms with Crippen LogP contribution in [0.1, 0.15) is 13.8 Å². The number of hydrogen-bond donors (Lipinski definition) is 1. The molecule has 3 rings (SSSR count). The highest BCUT2D eigenvalue weighted by molar-refractivity contribution is 7.00. The summed E-state index contributed by atoms with van der Waals surface area (Å²) in [6.07, 6.45) is 0. The van der Waals surface area contributed by atoms with Crippen LogP contribution < -0.4 is 10.2 Å². The zero-order valence-corrected chi connectivity index (χ0v) is 12.4. The normalized spacial score (nSPS) is 18.4. The van der Waals surface area contributed by atoms with E-state index in [1.54, 1.807) is 26.0 Å². The Balaban J connectivity index is 2.19. The molecule has 0 saturated carbocycles. The van der Waals surface area contributed by atoms with Gasteiger partial charge >= 0.3 is 0 Å². The second kappa shape index (κ2) is 4.39. The van der Waals surface area contributed by atoms with Crippen molar-refractivity contribution in [3.05, 3.63) is 17.2 Å². The molecule has 6 nitrogen and oxygen atoms in total. The number of nitrogens with one attached hydrogen (secondary N) is 1. The number of carbonyl (C=O) groups is 2. The molecule has 1 N–H and O–H groups in total. The number of aromatic nitrogens is 2. The van der Waals surface area contributed by atoms with E-state index in [4.69, 9.17) is 11.6 Å². The van der Waals surface area contributed by atoms with E-state index < -0.39 is 5.54 Å². The van der Waals surface area contributed by atoms with Crippen LogP contribution in [0.25, 0.3) is 11.0 Å². The topological polar surface area (TPSA) is 75.2 Å². The first-order valence-corrected chi connectivity index (χ1v) is 7.05. The second-order valence-corrected chi connectivity index (χ2v) is 6.03. The molecule has 0 bridgehead atoms. The maximum atomic E-state index is 12.5. The predicted octanol–water partition coefficient (Wildman–Crippen LogP) is 1.59. The first-order valence-electron chi connectivity index (χ1n) is 5.94. The van der Waals surface area contributed by atoms with E-state index >= 15 is 0 Å². The minimum Gasteiger partial charge on any atom is -0.341 e. The van der Waals surface area contributed by atoms with Gasteiger partial charge in [-0.3, -0.25) is 14.5 Å². The number of anilines is 1. The minimum atomic E-state index is -0.968. The van der Waals surface area contributed by atoms with E-state index in [0.29, 0.717) is 21.7 Å². The van der Waals surface area contributed by atoms with Gasteiger partial charge in [0, 0.05) is 0 Å². The molecule has 1 aliphatic rings. The molecule has 1 aromatic carbocycles. The second-order valence-electron chi connectivity index (χ2n) is 5.09. The zero-order valence-electron chi connectivity index (χ0n) is 10.8. The third-order valence-electron chi connectivity index (χ3n) is 3.16. The van der Waals surface area contributed by atoms with Crippen molar-refractivity contribution >= 4 is 51.9 Å². The number of halogens is 1. The minimum absolute atomic E-state index is 0.0708. The van der Waals surface area contributed by atoms with Crippen molar-refractivity contribution < 1.29 is 9.59 Å². The van der Waals surface area contributed by atoms with E-state index in [9.17, 15) is 9.59 Å². The molecule has 0 aliphatic carbocycles. The maximum Gasteiger partial charge on any atom is 0.252 e. The molecule has 2 amide bonds. The van der Waals surface area contributed by atoms with E-state index in [0.717, 1.165) is 11.7 Å². The lowest BCUT2D eigenvalue weighted by Crippen LogP contribution is -2.64. The van der Waals surface area contributed by atoms with Crippen LogP contribution in [0.5, 0.6) is 0 Å². The number of hydrogen-bond acceptors (Lipinski definition) is 5. The summed E-state index contributed by atoms with van der Waals surface area (Å²) in [5.74, 6) is -0.453. The molecule has 8 heteroatoms. The molecule has 1 aromatic heterocycles. The fraction of sp³-hybridized carbons (Fsp3) is 0.333. The smallest absolute Gasteiger partial charge is 0.252 e. The van der Waals surface area contributed by atoms with Gasteiger partial charge in [-0.05, 0) is 26.0 Å². The monoisotopic (exact) mass is 310 g/mol. The maximum absolute atomic E-state index is 12.5. The van der Waals surface area contributed by atoms with Crippen LogP contribution in [-0.4, -0.2) is 32.6 Å². The van der Waals surface area contributed by atoms with Crippen LogP contribution in [0.4, 0.5) is 5.69 Å². The molecule has 1 fully saturated rings. The van der Waals surface area contributed by atoms with Crippen molar-refractivity contribution in [1.82, 2.24) is 14.1 Å². The Morgan fingerprint density at radius 2 is 2.10 bits per heavy atom. The average molecular weight is 311 g/mol. The summed E-state index contributed by atoms with van der Waals surface area (Å²) in [5, 5.41) is 3.04. The average Bonchev–Trinajstić information content (AvgIpc) is 2.82. The lowest BCUT2D eigenvalue weighted by Gasteiger charge is -2.37. The number of rotatable bonds is 1. The van der Waals surface area contributed by atoms with Gasteiger partial charge in [-0.1, -0.05) is 11.6 Å². The Kier molecular flexibility index (Phi) is 2.91. The van der Waals surface area contributed by atoms with E-state index in [1.165, 1.54) is 4.90 Å². The van der Waals surface area contributed by atoms with Crippen molar-refractivity contribution in [3.63, 3.8) is 0 Å². The standard InChI is InChI=1S/C12H11ClN4O2S/c1-12(2)11(19)17(5-8(18)14-12)10-6(13)3-4-7-9(10)16-20-15-7/h3-4H,5H2,1-2H3,(H,14,18). The highest BCUT2D eigenvalue weighted by atomic mass is 35.5. The van der Waals surface area contributed by atoms with Gasteiger partial charge in [0.15, 0.2) is 0 Å². The zero-order chi connectivity index (χ0) is 14.5. The third-order valence-corrected chi connectivity index (χ3v) is 4.00. The summed E-state index contributed by atoms with van der Waals surface area (Å²) in [5.41, 5.74) is 0.683. The van der Waals surface area contributed by atoms with Crippen LogP contribution in [0, 0.1) is 0 Å². The van der Waals surface area contributed by atoms with Crippen molar-refractivity contribution in [2.75, 3.05) is 11.4 Å².